The zero-order valence-electron chi connectivity index (χ0n) is 11.3. The minimum Gasteiger partial charge on any atom is -0.497 e. The fraction of sp³-hybridized carbons (Fsp3) is 0.250. The summed E-state index contributed by atoms with van der Waals surface area (Å²) >= 11 is 6.10. The second-order valence-corrected chi connectivity index (χ2v) is 4.99. The Balaban J connectivity index is 2.44. The summed E-state index contributed by atoms with van der Waals surface area (Å²) in [7, 11) is 1.63. The Hall–Kier alpha value is -1.51. The highest BCUT2D eigenvalue weighted by molar-refractivity contribution is 6.31. The van der Waals surface area contributed by atoms with E-state index in [-0.39, 0.29) is 0 Å². The molecule has 1 atom stereocenters. The topological polar surface area (TPSA) is 29.5 Å². The number of methoxy groups -OCH3 is 1. The maximum atomic E-state index is 10.5. The molecule has 0 aliphatic carbocycles. The quantitative estimate of drug-likeness (QED) is 0.916. The Morgan fingerprint density at radius 3 is 2.47 bits per heavy atom. The van der Waals surface area contributed by atoms with Crippen LogP contribution >= 0.6 is 11.6 Å². The third kappa shape index (κ3) is 2.75. The van der Waals surface area contributed by atoms with Crippen molar-refractivity contribution in [2.45, 2.75) is 20.0 Å². The van der Waals surface area contributed by atoms with E-state index in [0.29, 0.717) is 5.02 Å². The molecule has 2 rings (SSSR count). The number of benzene rings is 2. The van der Waals surface area contributed by atoms with Crippen LogP contribution in [0.4, 0.5) is 0 Å². The van der Waals surface area contributed by atoms with Crippen LogP contribution < -0.4 is 4.74 Å². The van der Waals surface area contributed by atoms with Gasteiger partial charge in [0.15, 0.2) is 0 Å². The van der Waals surface area contributed by atoms with Crippen LogP contribution in [0.3, 0.4) is 0 Å². The molecule has 1 N–H and O–H groups in total. The molecule has 0 heterocycles. The summed E-state index contributed by atoms with van der Waals surface area (Å²) in [5, 5.41) is 11.2. The van der Waals surface area contributed by atoms with Crippen LogP contribution in [0.1, 0.15) is 28.4 Å². The van der Waals surface area contributed by atoms with Gasteiger partial charge >= 0.3 is 0 Å². The highest BCUT2D eigenvalue weighted by Gasteiger charge is 2.16. The summed E-state index contributed by atoms with van der Waals surface area (Å²) in [5.74, 6) is 0.788. The maximum absolute atomic E-state index is 10.5. The van der Waals surface area contributed by atoms with Crippen molar-refractivity contribution < 1.29 is 9.84 Å². The van der Waals surface area contributed by atoms with E-state index >= 15 is 0 Å². The van der Waals surface area contributed by atoms with Crippen LogP contribution in [0.5, 0.6) is 5.75 Å². The van der Waals surface area contributed by atoms with Crippen LogP contribution in [-0.2, 0) is 0 Å². The molecule has 0 spiro atoms. The number of rotatable bonds is 3. The van der Waals surface area contributed by atoms with Gasteiger partial charge in [0.1, 0.15) is 11.9 Å². The summed E-state index contributed by atoms with van der Waals surface area (Å²) in [5.41, 5.74) is 3.60. The number of hydrogen-bond acceptors (Lipinski definition) is 2. The Bertz CT molecular complexity index is 593. The van der Waals surface area contributed by atoms with Crippen molar-refractivity contribution >= 4 is 11.6 Å². The SMILES string of the molecule is COc1ccc(C(O)c2cccc(Cl)c2C)c(C)c1. The first-order valence-electron chi connectivity index (χ1n) is 6.12. The van der Waals surface area contributed by atoms with Gasteiger partial charge in [0.05, 0.1) is 7.11 Å². The molecule has 2 aromatic rings. The van der Waals surface area contributed by atoms with Gasteiger partial charge in [0.2, 0.25) is 0 Å². The summed E-state index contributed by atoms with van der Waals surface area (Å²) in [6, 6.07) is 11.2. The van der Waals surface area contributed by atoms with E-state index in [2.05, 4.69) is 0 Å². The van der Waals surface area contributed by atoms with E-state index in [4.69, 9.17) is 16.3 Å². The van der Waals surface area contributed by atoms with E-state index in [0.717, 1.165) is 28.0 Å². The summed E-state index contributed by atoms with van der Waals surface area (Å²) in [4.78, 5) is 0. The molecule has 0 saturated carbocycles. The zero-order valence-corrected chi connectivity index (χ0v) is 12.0. The van der Waals surface area contributed by atoms with Crippen molar-refractivity contribution in [1.29, 1.82) is 0 Å². The lowest BCUT2D eigenvalue weighted by Gasteiger charge is -2.17. The lowest BCUT2D eigenvalue weighted by atomic mass is 9.94. The lowest BCUT2D eigenvalue weighted by Crippen LogP contribution is -2.04. The largest absolute Gasteiger partial charge is 0.497 e. The predicted molar refractivity (Wildman–Crippen MR) is 78.0 cm³/mol. The van der Waals surface area contributed by atoms with Gasteiger partial charge in [-0.2, -0.15) is 0 Å². The number of aliphatic hydroxyl groups excluding tert-OH is 1. The standard InChI is InChI=1S/C16H17ClO2/c1-10-9-12(19-3)7-8-13(10)16(18)14-5-4-6-15(17)11(14)2/h4-9,16,18H,1-3H3. The molecule has 1 unspecified atom stereocenters. The molecule has 2 nitrogen and oxygen atoms in total. The van der Waals surface area contributed by atoms with Gasteiger partial charge < -0.3 is 9.84 Å². The van der Waals surface area contributed by atoms with E-state index in [1.165, 1.54) is 0 Å². The normalized spacial score (nSPS) is 12.3. The number of aliphatic hydroxyl groups is 1. The van der Waals surface area contributed by atoms with Crippen molar-refractivity contribution in [1.82, 2.24) is 0 Å². The first-order valence-corrected chi connectivity index (χ1v) is 6.50. The Morgan fingerprint density at radius 1 is 1.11 bits per heavy atom. The lowest BCUT2D eigenvalue weighted by molar-refractivity contribution is 0.218. The fourth-order valence-electron chi connectivity index (χ4n) is 2.17. The summed E-state index contributed by atoms with van der Waals surface area (Å²) in [6.07, 6.45) is -0.676. The van der Waals surface area contributed by atoms with Gasteiger partial charge in [-0.15, -0.1) is 0 Å². The average molecular weight is 277 g/mol. The molecule has 0 bridgehead atoms. The van der Waals surface area contributed by atoms with Crippen molar-refractivity contribution in [2.75, 3.05) is 7.11 Å². The molecule has 0 fully saturated rings. The monoisotopic (exact) mass is 276 g/mol. The molecule has 3 heteroatoms. The van der Waals surface area contributed by atoms with Crippen molar-refractivity contribution in [2.24, 2.45) is 0 Å². The van der Waals surface area contributed by atoms with Crippen molar-refractivity contribution in [3.05, 3.63) is 63.7 Å². The van der Waals surface area contributed by atoms with Crippen LogP contribution in [0, 0.1) is 13.8 Å². The first kappa shape index (κ1) is 13.9. The van der Waals surface area contributed by atoms with Crippen LogP contribution in [0.25, 0.3) is 0 Å². The maximum Gasteiger partial charge on any atom is 0.119 e. The molecular formula is C16H17ClO2. The van der Waals surface area contributed by atoms with Gasteiger partial charge in [0, 0.05) is 5.02 Å². The highest BCUT2D eigenvalue weighted by atomic mass is 35.5. The Labute approximate surface area is 118 Å². The average Bonchev–Trinajstić information content (AvgIpc) is 2.41. The van der Waals surface area contributed by atoms with Crippen molar-refractivity contribution in [3.63, 3.8) is 0 Å². The second-order valence-electron chi connectivity index (χ2n) is 4.58. The molecule has 2 aromatic carbocycles. The van der Waals surface area contributed by atoms with Gasteiger partial charge in [-0.05, 0) is 54.3 Å². The summed E-state index contributed by atoms with van der Waals surface area (Å²) < 4.78 is 5.18. The number of ether oxygens (including phenoxy) is 1. The van der Waals surface area contributed by atoms with E-state index < -0.39 is 6.10 Å². The van der Waals surface area contributed by atoms with Crippen molar-refractivity contribution in [3.8, 4) is 5.75 Å². The Morgan fingerprint density at radius 2 is 1.84 bits per heavy atom. The number of hydrogen-bond donors (Lipinski definition) is 1. The first-order chi connectivity index (χ1) is 9.04. The fourth-order valence-corrected chi connectivity index (χ4v) is 2.35. The minimum atomic E-state index is -0.676. The predicted octanol–water partition coefficient (Wildman–Crippen LogP) is 4.05. The van der Waals surface area contributed by atoms with Gasteiger partial charge in [0.25, 0.3) is 0 Å². The smallest absolute Gasteiger partial charge is 0.119 e. The van der Waals surface area contributed by atoms with Gasteiger partial charge in [-0.25, -0.2) is 0 Å². The molecular weight excluding hydrogens is 260 g/mol. The molecule has 0 radical (unpaired) electrons. The molecule has 0 aliphatic rings. The highest BCUT2D eigenvalue weighted by Crippen LogP contribution is 2.31. The molecule has 0 saturated heterocycles. The Kier molecular flexibility index (Phi) is 4.13. The molecule has 100 valence electrons. The van der Waals surface area contributed by atoms with E-state index in [1.807, 2.05) is 50.2 Å². The molecule has 19 heavy (non-hydrogen) atoms. The third-order valence-electron chi connectivity index (χ3n) is 3.38. The van der Waals surface area contributed by atoms with E-state index in [1.54, 1.807) is 7.11 Å². The second kappa shape index (κ2) is 5.64. The molecule has 0 aromatic heterocycles. The van der Waals surface area contributed by atoms with E-state index in [9.17, 15) is 5.11 Å². The number of halogens is 1. The van der Waals surface area contributed by atoms with Crippen LogP contribution in [0.2, 0.25) is 5.02 Å². The van der Waals surface area contributed by atoms with Crippen LogP contribution in [0.15, 0.2) is 36.4 Å². The van der Waals surface area contributed by atoms with Gasteiger partial charge in [-0.1, -0.05) is 29.8 Å². The minimum absolute atomic E-state index is 0.669. The third-order valence-corrected chi connectivity index (χ3v) is 3.79. The van der Waals surface area contributed by atoms with Crippen LogP contribution in [-0.4, -0.2) is 12.2 Å². The zero-order chi connectivity index (χ0) is 14.0. The number of aryl methyl sites for hydroxylation is 1. The molecule has 0 aliphatic heterocycles. The van der Waals surface area contributed by atoms with Gasteiger partial charge in [-0.3, -0.25) is 0 Å². The molecule has 0 amide bonds. The summed E-state index contributed by atoms with van der Waals surface area (Å²) in [6.45, 7) is 3.88.